The molecule has 0 aromatic heterocycles. The van der Waals surface area contributed by atoms with Gasteiger partial charge >= 0.3 is 0 Å². The maximum absolute atomic E-state index is 12.0. The van der Waals surface area contributed by atoms with Gasteiger partial charge in [-0.15, -0.1) is 0 Å². The average Bonchev–Trinajstić information content (AvgIpc) is 2.67. The SMILES string of the molecule is CCOc1ccc(CNC(=O)CCCOc2ccc(Cl)cc2)cc1OCC. The minimum atomic E-state index is -0.0125. The molecular formula is C21H26ClNO4. The summed E-state index contributed by atoms with van der Waals surface area (Å²) in [6.45, 7) is 5.92. The van der Waals surface area contributed by atoms with Crippen LogP contribution in [0.2, 0.25) is 5.02 Å². The lowest BCUT2D eigenvalue weighted by atomic mass is 10.2. The van der Waals surface area contributed by atoms with E-state index in [1.54, 1.807) is 12.1 Å². The van der Waals surface area contributed by atoms with Crippen molar-refractivity contribution in [2.24, 2.45) is 0 Å². The van der Waals surface area contributed by atoms with Crippen molar-refractivity contribution >= 4 is 17.5 Å². The molecule has 2 aromatic rings. The Hall–Kier alpha value is -2.40. The number of rotatable bonds is 11. The van der Waals surface area contributed by atoms with Crippen LogP contribution in [0, 0.1) is 0 Å². The lowest BCUT2D eigenvalue weighted by Gasteiger charge is -2.13. The van der Waals surface area contributed by atoms with E-state index in [9.17, 15) is 4.79 Å². The van der Waals surface area contributed by atoms with E-state index in [2.05, 4.69) is 5.32 Å². The molecule has 0 aliphatic rings. The van der Waals surface area contributed by atoms with Crippen LogP contribution in [0.5, 0.6) is 17.2 Å². The molecule has 0 unspecified atom stereocenters. The van der Waals surface area contributed by atoms with Crippen LogP contribution in [0.25, 0.3) is 0 Å². The number of benzene rings is 2. The minimum absolute atomic E-state index is 0.0125. The molecular weight excluding hydrogens is 366 g/mol. The van der Waals surface area contributed by atoms with Gasteiger partial charge in [-0.3, -0.25) is 4.79 Å². The standard InChI is InChI=1S/C21H26ClNO4/c1-3-25-19-12-7-16(14-20(19)26-4-2)15-23-21(24)6-5-13-27-18-10-8-17(22)9-11-18/h7-12,14H,3-6,13,15H2,1-2H3,(H,23,24). The molecule has 0 bridgehead atoms. The van der Waals surface area contributed by atoms with Crippen molar-refractivity contribution in [2.45, 2.75) is 33.2 Å². The van der Waals surface area contributed by atoms with Crippen LogP contribution < -0.4 is 19.5 Å². The summed E-state index contributed by atoms with van der Waals surface area (Å²) in [5, 5.41) is 3.59. The highest BCUT2D eigenvalue weighted by molar-refractivity contribution is 6.30. The van der Waals surface area contributed by atoms with Gasteiger partial charge in [0, 0.05) is 18.0 Å². The third-order valence-corrected chi connectivity index (χ3v) is 3.98. The van der Waals surface area contributed by atoms with Crippen LogP contribution in [0.1, 0.15) is 32.3 Å². The zero-order valence-electron chi connectivity index (χ0n) is 15.8. The van der Waals surface area contributed by atoms with E-state index < -0.39 is 0 Å². The molecule has 0 fully saturated rings. The fourth-order valence-corrected chi connectivity index (χ4v) is 2.57. The fraction of sp³-hybridized carbons (Fsp3) is 0.381. The summed E-state index contributed by atoms with van der Waals surface area (Å²) in [6.07, 6.45) is 1.05. The van der Waals surface area contributed by atoms with Crippen molar-refractivity contribution in [1.82, 2.24) is 5.32 Å². The molecule has 0 saturated heterocycles. The van der Waals surface area contributed by atoms with Crippen LogP contribution in [0.15, 0.2) is 42.5 Å². The molecule has 0 spiro atoms. The minimum Gasteiger partial charge on any atom is -0.494 e. The molecule has 27 heavy (non-hydrogen) atoms. The number of amides is 1. The van der Waals surface area contributed by atoms with E-state index >= 15 is 0 Å². The molecule has 0 aliphatic heterocycles. The molecule has 0 heterocycles. The molecule has 0 radical (unpaired) electrons. The Morgan fingerprint density at radius 1 is 0.963 bits per heavy atom. The van der Waals surface area contributed by atoms with Gasteiger partial charge in [-0.2, -0.15) is 0 Å². The molecule has 146 valence electrons. The molecule has 1 N–H and O–H groups in total. The predicted octanol–water partition coefficient (Wildman–Crippen LogP) is 4.61. The van der Waals surface area contributed by atoms with Gasteiger partial charge in [0.05, 0.1) is 19.8 Å². The largest absolute Gasteiger partial charge is 0.494 e. The highest BCUT2D eigenvalue weighted by Crippen LogP contribution is 2.28. The number of nitrogens with one attached hydrogen (secondary N) is 1. The van der Waals surface area contributed by atoms with Crippen molar-refractivity contribution in [1.29, 1.82) is 0 Å². The summed E-state index contributed by atoms with van der Waals surface area (Å²) in [5.74, 6) is 2.15. The summed E-state index contributed by atoms with van der Waals surface area (Å²) in [5.41, 5.74) is 0.965. The van der Waals surface area contributed by atoms with Gasteiger partial charge in [0.2, 0.25) is 5.91 Å². The predicted molar refractivity (Wildman–Crippen MR) is 107 cm³/mol. The molecule has 2 rings (SSSR count). The molecule has 0 aliphatic carbocycles. The lowest BCUT2D eigenvalue weighted by molar-refractivity contribution is -0.121. The summed E-state index contributed by atoms with van der Waals surface area (Å²) in [6, 6.07) is 12.9. The maximum Gasteiger partial charge on any atom is 0.220 e. The number of hydrogen-bond acceptors (Lipinski definition) is 4. The van der Waals surface area contributed by atoms with Crippen molar-refractivity contribution in [3.05, 3.63) is 53.1 Å². The van der Waals surface area contributed by atoms with E-state index in [0.717, 1.165) is 11.3 Å². The Balaban J connectivity index is 1.73. The Morgan fingerprint density at radius 2 is 1.67 bits per heavy atom. The van der Waals surface area contributed by atoms with Crippen molar-refractivity contribution in [3.63, 3.8) is 0 Å². The van der Waals surface area contributed by atoms with E-state index in [1.807, 2.05) is 44.2 Å². The van der Waals surface area contributed by atoms with E-state index in [0.29, 0.717) is 55.7 Å². The first-order valence-electron chi connectivity index (χ1n) is 9.16. The first-order valence-corrected chi connectivity index (χ1v) is 9.53. The van der Waals surface area contributed by atoms with E-state index in [1.165, 1.54) is 0 Å². The smallest absolute Gasteiger partial charge is 0.220 e. The molecule has 6 heteroatoms. The molecule has 0 atom stereocenters. The van der Waals surface area contributed by atoms with Crippen LogP contribution in [-0.2, 0) is 11.3 Å². The van der Waals surface area contributed by atoms with Crippen LogP contribution in [0.3, 0.4) is 0 Å². The third kappa shape index (κ3) is 7.39. The monoisotopic (exact) mass is 391 g/mol. The second kappa shape index (κ2) is 11.3. The first-order chi connectivity index (χ1) is 13.1. The highest BCUT2D eigenvalue weighted by Gasteiger charge is 2.07. The quantitative estimate of drug-likeness (QED) is 0.568. The summed E-state index contributed by atoms with van der Waals surface area (Å²) >= 11 is 5.83. The molecule has 1 amide bonds. The van der Waals surface area contributed by atoms with E-state index in [4.69, 9.17) is 25.8 Å². The topological polar surface area (TPSA) is 56.8 Å². The van der Waals surface area contributed by atoms with Gasteiger partial charge in [0.1, 0.15) is 5.75 Å². The van der Waals surface area contributed by atoms with Crippen LogP contribution in [0.4, 0.5) is 0 Å². The zero-order valence-corrected chi connectivity index (χ0v) is 16.6. The van der Waals surface area contributed by atoms with Crippen molar-refractivity contribution < 1.29 is 19.0 Å². The summed E-state index contributed by atoms with van der Waals surface area (Å²) in [4.78, 5) is 12.0. The molecule has 2 aromatic carbocycles. The Morgan fingerprint density at radius 3 is 2.37 bits per heavy atom. The number of carbonyl (C=O) groups excluding carboxylic acids is 1. The van der Waals surface area contributed by atoms with Gasteiger partial charge in [0.25, 0.3) is 0 Å². The van der Waals surface area contributed by atoms with Gasteiger partial charge < -0.3 is 19.5 Å². The van der Waals surface area contributed by atoms with Crippen LogP contribution >= 0.6 is 11.6 Å². The van der Waals surface area contributed by atoms with Crippen molar-refractivity contribution in [2.75, 3.05) is 19.8 Å². The summed E-state index contributed by atoms with van der Waals surface area (Å²) in [7, 11) is 0. The van der Waals surface area contributed by atoms with E-state index in [-0.39, 0.29) is 5.91 Å². The Labute approximate surface area is 165 Å². The average molecular weight is 392 g/mol. The first kappa shape index (κ1) is 20.9. The maximum atomic E-state index is 12.0. The van der Waals surface area contributed by atoms with Gasteiger partial charge in [-0.1, -0.05) is 17.7 Å². The Kier molecular flexibility index (Phi) is 8.78. The van der Waals surface area contributed by atoms with Gasteiger partial charge in [-0.25, -0.2) is 0 Å². The number of carbonyl (C=O) groups is 1. The number of hydrogen-bond donors (Lipinski definition) is 1. The Bertz CT molecular complexity index is 719. The number of halogens is 1. The number of ether oxygens (including phenoxy) is 3. The van der Waals surface area contributed by atoms with Crippen LogP contribution in [-0.4, -0.2) is 25.7 Å². The molecule has 5 nitrogen and oxygen atoms in total. The third-order valence-electron chi connectivity index (χ3n) is 3.73. The summed E-state index contributed by atoms with van der Waals surface area (Å²) < 4.78 is 16.7. The highest BCUT2D eigenvalue weighted by atomic mass is 35.5. The lowest BCUT2D eigenvalue weighted by Crippen LogP contribution is -2.23. The molecule has 0 saturated carbocycles. The van der Waals surface area contributed by atoms with Gasteiger partial charge in [0.15, 0.2) is 11.5 Å². The zero-order chi connectivity index (χ0) is 19.5. The fourth-order valence-electron chi connectivity index (χ4n) is 2.45. The van der Waals surface area contributed by atoms with Gasteiger partial charge in [-0.05, 0) is 62.2 Å². The van der Waals surface area contributed by atoms with Crippen molar-refractivity contribution in [3.8, 4) is 17.2 Å². The second-order valence-electron chi connectivity index (χ2n) is 5.83. The normalized spacial score (nSPS) is 10.3. The second-order valence-corrected chi connectivity index (χ2v) is 6.27.